The van der Waals surface area contributed by atoms with E-state index in [1.165, 1.54) is 31.0 Å². The summed E-state index contributed by atoms with van der Waals surface area (Å²) in [6.45, 7) is 0.317. The monoisotopic (exact) mass is 316 g/mol. The normalized spacial score (nSPS) is 16.5. The summed E-state index contributed by atoms with van der Waals surface area (Å²) in [7, 11) is -3.77. The number of hydrogen-bond donors (Lipinski definition) is 2. The van der Waals surface area contributed by atoms with E-state index in [1.54, 1.807) is 0 Å². The van der Waals surface area contributed by atoms with Gasteiger partial charge in [-0.25, -0.2) is 17.5 Å². The quantitative estimate of drug-likeness (QED) is 0.747. The molecule has 118 valence electrons. The molecule has 3 N–H and O–H groups in total. The van der Waals surface area contributed by atoms with Gasteiger partial charge in [0, 0.05) is 18.7 Å². The molecule has 0 amide bonds. The first-order valence-corrected chi connectivity index (χ1v) is 8.61. The molecular formula is C14H21FN2O3S. The Morgan fingerprint density at radius 1 is 1.33 bits per heavy atom. The molecule has 1 aliphatic rings. The molecule has 1 fully saturated rings. The fourth-order valence-electron chi connectivity index (χ4n) is 2.52. The van der Waals surface area contributed by atoms with E-state index in [0.29, 0.717) is 6.61 Å². The van der Waals surface area contributed by atoms with Gasteiger partial charge in [0.2, 0.25) is 10.0 Å². The Kier molecular flexibility index (Phi) is 5.69. The largest absolute Gasteiger partial charge is 0.377 e. The molecule has 1 aromatic rings. The summed E-state index contributed by atoms with van der Waals surface area (Å²) in [5.74, 6) is -0.609. The number of sulfonamides is 1. The Morgan fingerprint density at radius 3 is 2.71 bits per heavy atom. The summed E-state index contributed by atoms with van der Waals surface area (Å²) in [6.07, 6.45) is 4.64. The van der Waals surface area contributed by atoms with Gasteiger partial charge >= 0.3 is 0 Å². The maximum absolute atomic E-state index is 13.6. The molecule has 0 aliphatic heterocycles. The summed E-state index contributed by atoms with van der Waals surface area (Å²) in [5.41, 5.74) is 5.43. The molecule has 1 saturated carbocycles. The minimum atomic E-state index is -3.77. The van der Waals surface area contributed by atoms with Gasteiger partial charge in [0.25, 0.3) is 0 Å². The van der Waals surface area contributed by atoms with Crippen LogP contribution in [0.1, 0.15) is 31.2 Å². The van der Waals surface area contributed by atoms with Crippen molar-refractivity contribution in [2.75, 3.05) is 13.2 Å². The second kappa shape index (κ2) is 7.31. The van der Waals surface area contributed by atoms with Crippen LogP contribution in [0.25, 0.3) is 0 Å². The van der Waals surface area contributed by atoms with Crippen LogP contribution in [0.2, 0.25) is 0 Å². The van der Waals surface area contributed by atoms with Gasteiger partial charge < -0.3 is 10.5 Å². The van der Waals surface area contributed by atoms with Crippen molar-refractivity contribution in [1.82, 2.24) is 4.72 Å². The number of rotatable bonds is 7. The smallest absolute Gasteiger partial charge is 0.241 e. The van der Waals surface area contributed by atoms with Crippen molar-refractivity contribution in [3.05, 3.63) is 29.6 Å². The summed E-state index contributed by atoms with van der Waals surface area (Å²) >= 11 is 0. The van der Waals surface area contributed by atoms with Gasteiger partial charge in [0.05, 0.1) is 17.6 Å². The zero-order valence-corrected chi connectivity index (χ0v) is 12.7. The van der Waals surface area contributed by atoms with Crippen molar-refractivity contribution >= 4 is 10.0 Å². The topological polar surface area (TPSA) is 81.4 Å². The maximum atomic E-state index is 13.6. The van der Waals surface area contributed by atoms with E-state index < -0.39 is 15.8 Å². The second-order valence-corrected chi connectivity index (χ2v) is 6.83. The van der Waals surface area contributed by atoms with E-state index in [2.05, 4.69) is 4.72 Å². The Hall–Kier alpha value is -1.02. The Morgan fingerprint density at radius 2 is 2.05 bits per heavy atom. The van der Waals surface area contributed by atoms with Crippen LogP contribution in [0.15, 0.2) is 23.1 Å². The zero-order valence-electron chi connectivity index (χ0n) is 11.8. The summed E-state index contributed by atoms with van der Waals surface area (Å²) < 4.78 is 45.9. The highest BCUT2D eigenvalue weighted by Gasteiger charge is 2.20. The van der Waals surface area contributed by atoms with E-state index in [0.717, 1.165) is 12.8 Å². The number of hydrogen-bond acceptors (Lipinski definition) is 4. The molecule has 0 aromatic heterocycles. The Bertz CT molecular complexity index is 572. The number of nitrogens with two attached hydrogens (primary N) is 1. The maximum Gasteiger partial charge on any atom is 0.241 e. The van der Waals surface area contributed by atoms with Gasteiger partial charge in [-0.3, -0.25) is 0 Å². The van der Waals surface area contributed by atoms with Crippen molar-refractivity contribution in [2.24, 2.45) is 5.73 Å². The molecule has 0 bridgehead atoms. The lowest BCUT2D eigenvalue weighted by Crippen LogP contribution is -2.29. The fraction of sp³-hybridized carbons (Fsp3) is 0.571. The van der Waals surface area contributed by atoms with Crippen molar-refractivity contribution in [3.63, 3.8) is 0 Å². The van der Waals surface area contributed by atoms with E-state index in [4.69, 9.17) is 10.5 Å². The molecule has 1 aromatic carbocycles. The van der Waals surface area contributed by atoms with Crippen LogP contribution in [-0.2, 0) is 21.3 Å². The molecular weight excluding hydrogens is 295 g/mol. The van der Waals surface area contributed by atoms with Gasteiger partial charge in [-0.1, -0.05) is 18.9 Å². The molecule has 0 unspecified atom stereocenters. The number of nitrogens with one attached hydrogen (secondary N) is 1. The minimum Gasteiger partial charge on any atom is -0.377 e. The highest BCUT2D eigenvalue weighted by molar-refractivity contribution is 7.89. The third-order valence-corrected chi connectivity index (χ3v) is 5.17. The first kappa shape index (κ1) is 16.4. The van der Waals surface area contributed by atoms with Crippen LogP contribution in [0.4, 0.5) is 4.39 Å². The van der Waals surface area contributed by atoms with Crippen molar-refractivity contribution in [1.29, 1.82) is 0 Å². The highest BCUT2D eigenvalue weighted by Crippen LogP contribution is 2.21. The average Bonchev–Trinajstić information content (AvgIpc) is 2.96. The molecule has 0 atom stereocenters. The van der Waals surface area contributed by atoms with Gasteiger partial charge in [-0.05, 0) is 25.0 Å². The number of ether oxygens (including phenoxy) is 1. The summed E-state index contributed by atoms with van der Waals surface area (Å²) in [6, 6.07) is 3.91. The molecule has 7 heteroatoms. The zero-order chi connectivity index (χ0) is 15.3. The standard InChI is InChI=1S/C14H21FN2O3S/c15-13-6-3-7-14(12(13)10-16)21(18,19)17-8-9-20-11-4-1-2-5-11/h3,6-7,11,17H,1-2,4-5,8-10,16H2. The molecule has 0 spiro atoms. The van der Waals surface area contributed by atoms with E-state index in [-0.39, 0.29) is 29.7 Å². The number of benzene rings is 1. The van der Waals surface area contributed by atoms with Crippen molar-refractivity contribution in [2.45, 2.75) is 43.2 Å². The Balaban J connectivity index is 1.93. The summed E-state index contributed by atoms with van der Waals surface area (Å²) in [4.78, 5) is -0.106. The SMILES string of the molecule is NCc1c(F)cccc1S(=O)(=O)NCCOC1CCCC1. The second-order valence-electron chi connectivity index (χ2n) is 5.10. The van der Waals surface area contributed by atoms with Crippen molar-refractivity contribution in [3.8, 4) is 0 Å². The molecule has 0 saturated heterocycles. The lowest BCUT2D eigenvalue weighted by molar-refractivity contribution is 0.0626. The van der Waals surface area contributed by atoms with Crippen molar-refractivity contribution < 1.29 is 17.5 Å². The van der Waals surface area contributed by atoms with Crippen LogP contribution < -0.4 is 10.5 Å². The molecule has 1 aliphatic carbocycles. The van der Waals surface area contributed by atoms with Gasteiger partial charge in [-0.15, -0.1) is 0 Å². The van der Waals surface area contributed by atoms with Gasteiger partial charge in [0.15, 0.2) is 0 Å². The predicted octanol–water partition coefficient (Wildman–Crippen LogP) is 1.52. The molecule has 5 nitrogen and oxygen atoms in total. The predicted molar refractivity (Wildman–Crippen MR) is 77.7 cm³/mol. The first-order chi connectivity index (χ1) is 10.0. The van der Waals surface area contributed by atoms with Crippen LogP contribution in [0.5, 0.6) is 0 Å². The average molecular weight is 316 g/mol. The van der Waals surface area contributed by atoms with Crippen LogP contribution in [-0.4, -0.2) is 27.7 Å². The van der Waals surface area contributed by atoms with E-state index in [9.17, 15) is 12.8 Å². The van der Waals surface area contributed by atoms with Crippen LogP contribution in [0, 0.1) is 5.82 Å². The third kappa shape index (κ3) is 4.23. The Labute approximate surface area is 124 Å². The van der Waals surface area contributed by atoms with Crippen LogP contribution in [0.3, 0.4) is 0 Å². The lowest BCUT2D eigenvalue weighted by Gasteiger charge is -2.13. The lowest BCUT2D eigenvalue weighted by atomic mass is 10.2. The van der Waals surface area contributed by atoms with Crippen LogP contribution >= 0.6 is 0 Å². The molecule has 21 heavy (non-hydrogen) atoms. The van der Waals surface area contributed by atoms with E-state index >= 15 is 0 Å². The molecule has 0 radical (unpaired) electrons. The first-order valence-electron chi connectivity index (χ1n) is 7.13. The van der Waals surface area contributed by atoms with Gasteiger partial charge in [0.1, 0.15) is 5.82 Å². The molecule has 2 rings (SSSR count). The minimum absolute atomic E-state index is 0.00158. The third-order valence-electron chi connectivity index (χ3n) is 3.62. The van der Waals surface area contributed by atoms with E-state index in [1.807, 2.05) is 0 Å². The fourth-order valence-corrected chi connectivity index (χ4v) is 3.79. The highest BCUT2D eigenvalue weighted by atomic mass is 32.2. The van der Waals surface area contributed by atoms with Gasteiger partial charge in [-0.2, -0.15) is 0 Å². The summed E-state index contributed by atoms with van der Waals surface area (Å²) in [5, 5.41) is 0. The molecule has 0 heterocycles. The number of halogens is 1.